The lowest BCUT2D eigenvalue weighted by Gasteiger charge is -2.26. The summed E-state index contributed by atoms with van der Waals surface area (Å²) in [5, 5.41) is 4.38. The summed E-state index contributed by atoms with van der Waals surface area (Å²) in [6.07, 6.45) is 3.66. The number of ether oxygens (including phenoxy) is 1. The molecule has 78 valence electrons. The van der Waals surface area contributed by atoms with E-state index >= 15 is 0 Å². The van der Waals surface area contributed by atoms with Gasteiger partial charge in [-0.05, 0) is 47.6 Å². The summed E-state index contributed by atoms with van der Waals surface area (Å²) in [7, 11) is 0. The van der Waals surface area contributed by atoms with Crippen LogP contribution in [0.3, 0.4) is 0 Å². The predicted molar refractivity (Wildman–Crippen MR) is 64.3 cm³/mol. The third-order valence-corrected chi connectivity index (χ3v) is 4.52. The van der Waals surface area contributed by atoms with Crippen LogP contribution in [0, 0.1) is 5.92 Å². The lowest BCUT2D eigenvalue weighted by molar-refractivity contribution is 0.0547. The van der Waals surface area contributed by atoms with Crippen LogP contribution >= 0.6 is 27.3 Å². The Morgan fingerprint density at radius 1 is 1.64 bits per heavy atom. The van der Waals surface area contributed by atoms with Crippen LogP contribution in [0.2, 0.25) is 0 Å². The SMILES string of the molecule is BrC(Cc1ccsc1)C1CCCOC1. The third kappa shape index (κ3) is 2.81. The molecule has 1 aliphatic rings. The molecule has 1 aliphatic heterocycles. The molecular weight excluding hydrogens is 260 g/mol. The highest BCUT2D eigenvalue weighted by Gasteiger charge is 2.22. The number of thiophene rings is 1. The van der Waals surface area contributed by atoms with Crippen molar-refractivity contribution in [1.29, 1.82) is 0 Å². The van der Waals surface area contributed by atoms with Crippen molar-refractivity contribution in [2.75, 3.05) is 13.2 Å². The van der Waals surface area contributed by atoms with Gasteiger partial charge in [0.2, 0.25) is 0 Å². The molecule has 1 aromatic rings. The summed E-state index contributed by atoms with van der Waals surface area (Å²) in [6.45, 7) is 1.88. The molecule has 0 saturated carbocycles. The third-order valence-electron chi connectivity index (χ3n) is 2.72. The van der Waals surface area contributed by atoms with Crippen LogP contribution in [-0.4, -0.2) is 18.0 Å². The molecule has 2 rings (SSSR count). The topological polar surface area (TPSA) is 9.23 Å². The van der Waals surface area contributed by atoms with Crippen molar-refractivity contribution in [2.45, 2.75) is 24.1 Å². The average molecular weight is 275 g/mol. The maximum Gasteiger partial charge on any atom is 0.0505 e. The summed E-state index contributed by atoms with van der Waals surface area (Å²) in [6, 6.07) is 2.21. The fraction of sp³-hybridized carbons (Fsp3) is 0.636. The maximum absolute atomic E-state index is 5.50. The fourth-order valence-electron chi connectivity index (χ4n) is 1.85. The van der Waals surface area contributed by atoms with Crippen LogP contribution < -0.4 is 0 Å². The number of alkyl halides is 1. The average Bonchev–Trinajstić information content (AvgIpc) is 2.72. The summed E-state index contributed by atoms with van der Waals surface area (Å²) in [5.41, 5.74) is 1.45. The molecule has 0 N–H and O–H groups in total. The number of rotatable bonds is 3. The molecule has 0 aliphatic carbocycles. The Balaban J connectivity index is 1.85. The van der Waals surface area contributed by atoms with Crippen LogP contribution in [0.4, 0.5) is 0 Å². The Morgan fingerprint density at radius 3 is 3.21 bits per heavy atom. The second kappa shape index (κ2) is 5.29. The molecule has 1 fully saturated rings. The lowest BCUT2D eigenvalue weighted by atomic mass is 9.95. The van der Waals surface area contributed by atoms with Crippen LogP contribution in [-0.2, 0) is 11.2 Å². The zero-order valence-corrected chi connectivity index (χ0v) is 10.5. The smallest absolute Gasteiger partial charge is 0.0505 e. The molecule has 3 heteroatoms. The number of halogens is 1. The monoisotopic (exact) mass is 274 g/mol. The quantitative estimate of drug-likeness (QED) is 0.767. The van der Waals surface area contributed by atoms with Gasteiger partial charge in [0.25, 0.3) is 0 Å². The van der Waals surface area contributed by atoms with Gasteiger partial charge in [-0.1, -0.05) is 15.9 Å². The van der Waals surface area contributed by atoms with Crippen molar-refractivity contribution in [3.8, 4) is 0 Å². The van der Waals surface area contributed by atoms with Crippen LogP contribution in [0.15, 0.2) is 16.8 Å². The van der Waals surface area contributed by atoms with Crippen LogP contribution in [0.5, 0.6) is 0 Å². The van der Waals surface area contributed by atoms with Crippen molar-refractivity contribution in [3.63, 3.8) is 0 Å². The molecule has 1 nitrogen and oxygen atoms in total. The number of hydrogen-bond donors (Lipinski definition) is 0. The van der Waals surface area contributed by atoms with Crippen molar-refractivity contribution in [2.24, 2.45) is 5.92 Å². The molecule has 1 aromatic heterocycles. The molecule has 1 saturated heterocycles. The summed E-state index contributed by atoms with van der Waals surface area (Å²) in [5.74, 6) is 0.698. The molecular formula is C11H15BrOS. The highest BCUT2D eigenvalue weighted by atomic mass is 79.9. The van der Waals surface area contributed by atoms with Gasteiger partial charge < -0.3 is 4.74 Å². The first-order chi connectivity index (χ1) is 6.86. The molecule has 0 bridgehead atoms. The first kappa shape index (κ1) is 10.7. The van der Waals surface area contributed by atoms with E-state index in [2.05, 4.69) is 32.8 Å². The second-order valence-corrected chi connectivity index (χ2v) is 5.79. The van der Waals surface area contributed by atoms with Crippen molar-refractivity contribution < 1.29 is 4.74 Å². The summed E-state index contributed by atoms with van der Waals surface area (Å²) >= 11 is 5.56. The van der Waals surface area contributed by atoms with E-state index in [1.54, 1.807) is 11.3 Å². The number of hydrogen-bond acceptors (Lipinski definition) is 2. The van der Waals surface area contributed by atoms with Gasteiger partial charge in [-0.15, -0.1) is 0 Å². The van der Waals surface area contributed by atoms with E-state index in [-0.39, 0.29) is 0 Å². The summed E-state index contributed by atoms with van der Waals surface area (Å²) < 4.78 is 5.50. The molecule has 14 heavy (non-hydrogen) atoms. The zero-order chi connectivity index (χ0) is 9.80. The van der Waals surface area contributed by atoms with Gasteiger partial charge >= 0.3 is 0 Å². The minimum absolute atomic E-state index is 0.581. The Morgan fingerprint density at radius 2 is 2.57 bits per heavy atom. The molecule has 0 aromatic carbocycles. The zero-order valence-electron chi connectivity index (χ0n) is 8.12. The van der Waals surface area contributed by atoms with E-state index in [9.17, 15) is 0 Å². The van der Waals surface area contributed by atoms with Gasteiger partial charge in [-0.3, -0.25) is 0 Å². The standard InChI is InChI=1S/C11H15BrOS/c12-11(6-9-3-5-14-8-9)10-2-1-4-13-7-10/h3,5,8,10-11H,1-2,4,6-7H2. The molecule has 2 unspecified atom stereocenters. The highest BCUT2D eigenvalue weighted by molar-refractivity contribution is 9.09. The van der Waals surface area contributed by atoms with Gasteiger partial charge in [0.05, 0.1) is 6.61 Å². The fourth-order valence-corrected chi connectivity index (χ4v) is 3.32. The van der Waals surface area contributed by atoms with Gasteiger partial charge in [0.1, 0.15) is 0 Å². The highest BCUT2D eigenvalue weighted by Crippen LogP contribution is 2.26. The van der Waals surface area contributed by atoms with Gasteiger partial charge in [0.15, 0.2) is 0 Å². The largest absolute Gasteiger partial charge is 0.381 e. The van der Waals surface area contributed by atoms with E-state index in [0.717, 1.165) is 19.6 Å². The van der Waals surface area contributed by atoms with Gasteiger partial charge in [-0.25, -0.2) is 0 Å². The Kier molecular flexibility index (Phi) is 4.02. The van der Waals surface area contributed by atoms with Crippen molar-refractivity contribution in [1.82, 2.24) is 0 Å². The van der Waals surface area contributed by atoms with Crippen LogP contribution in [0.25, 0.3) is 0 Å². The Labute approximate surface area is 97.6 Å². The van der Waals surface area contributed by atoms with Crippen molar-refractivity contribution >= 4 is 27.3 Å². The van der Waals surface area contributed by atoms with E-state index in [1.807, 2.05) is 0 Å². The second-order valence-electron chi connectivity index (χ2n) is 3.83. The molecule has 2 heterocycles. The van der Waals surface area contributed by atoms with E-state index < -0.39 is 0 Å². The van der Waals surface area contributed by atoms with Crippen LogP contribution in [0.1, 0.15) is 18.4 Å². The first-order valence-corrected chi connectivity index (χ1v) is 6.95. The van der Waals surface area contributed by atoms with E-state index in [1.165, 1.54) is 18.4 Å². The van der Waals surface area contributed by atoms with Gasteiger partial charge in [-0.2, -0.15) is 11.3 Å². The Hall–Kier alpha value is 0.140. The first-order valence-electron chi connectivity index (χ1n) is 5.09. The molecule has 0 radical (unpaired) electrons. The van der Waals surface area contributed by atoms with Crippen molar-refractivity contribution in [3.05, 3.63) is 22.4 Å². The summed E-state index contributed by atoms with van der Waals surface area (Å²) in [4.78, 5) is 0.581. The predicted octanol–water partition coefficient (Wildman–Crippen LogP) is 3.48. The maximum atomic E-state index is 5.50. The minimum Gasteiger partial charge on any atom is -0.381 e. The Bertz CT molecular complexity index is 254. The van der Waals surface area contributed by atoms with Gasteiger partial charge in [0, 0.05) is 11.4 Å². The molecule has 2 atom stereocenters. The minimum atomic E-state index is 0.581. The van der Waals surface area contributed by atoms with E-state index in [4.69, 9.17) is 4.74 Å². The lowest BCUT2D eigenvalue weighted by Crippen LogP contribution is -2.26. The van der Waals surface area contributed by atoms with E-state index in [0.29, 0.717) is 10.7 Å². The molecule has 0 amide bonds. The normalized spacial score (nSPS) is 24.8. The molecule has 0 spiro atoms.